The monoisotopic (exact) mass is 397 g/mol. The van der Waals surface area contributed by atoms with Crippen molar-refractivity contribution in [1.82, 2.24) is 4.90 Å². The van der Waals surface area contributed by atoms with Gasteiger partial charge in [0.25, 0.3) is 0 Å². The Morgan fingerprint density at radius 2 is 1.76 bits per heavy atom. The zero-order valence-electron chi connectivity index (χ0n) is 14.9. The third-order valence-electron chi connectivity index (χ3n) is 3.98. The van der Waals surface area contributed by atoms with Crippen LogP contribution in [0.4, 0.5) is 11.4 Å². The van der Waals surface area contributed by atoms with Crippen molar-refractivity contribution in [1.29, 1.82) is 0 Å². The van der Waals surface area contributed by atoms with Gasteiger partial charge in [0.15, 0.2) is 0 Å². The number of aliphatic imine (C=N–C) groups is 1. The van der Waals surface area contributed by atoms with Gasteiger partial charge in [0.1, 0.15) is 0 Å². The van der Waals surface area contributed by atoms with Crippen LogP contribution in [0, 0.1) is 6.92 Å². The Bertz CT molecular complexity index is 775. The Kier molecular flexibility index (Phi) is 7.00. The summed E-state index contributed by atoms with van der Waals surface area (Å²) < 4.78 is 0. The number of aryl methyl sites for hydroxylation is 1. The van der Waals surface area contributed by atoms with Crippen molar-refractivity contribution in [2.45, 2.75) is 20.4 Å². The summed E-state index contributed by atoms with van der Waals surface area (Å²) in [4.78, 5) is 8.55. The molecule has 0 radical (unpaired) electrons. The molecule has 134 valence electrons. The number of benzene rings is 2. The first kappa shape index (κ1) is 19.9. The maximum atomic E-state index is 6.43. The summed E-state index contributed by atoms with van der Waals surface area (Å²) in [5.74, 6) is 0. The van der Waals surface area contributed by atoms with E-state index in [1.54, 1.807) is 12.4 Å². The van der Waals surface area contributed by atoms with Crippen LogP contribution >= 0.6 is 34.8 Å². The first-order valence-electron chi connectivity index (χ1n) is 8.01. The van der Waals surface area contributed by atoms with E-state index in [1.807, 2.05) is 50.2 Å². The molecule has 0 aliphatic heterocycles. The second-order valence-electron chi connectivity index (χ2n) is 6.00. The zero-order chi connectivity index (χ0) is 18.6. The zero-order valence-corrected chi connectivity index (χ0v) is 17.1. The highest BCUT2D eigenvalue weighted by Gasteiger charge is 2.12. The summed E-state index contributed by atoms with van der Waals surface area (Å²) in [5.41, 5.74) is 3.86. The van der Waals surface area contributed by atoms with Gasteiger partial charge in [-0.2, -0.15) is 0 Å². The van der Waals surface area contributed by atoms with Gasteiger partial charge in [-0.15, -0.1) is 0 Å². The Hall–Kier alpha value is -1.42. The lowest BCUT2D eigenvalue weighted by atomic mass is 10.1. The SMILES string of the molecule is CCN(C)C=Nc1cc(C)c(N(C)Cc2cc(Cl)ccc2Cl)cc1Cl. The number of halogens is 3. The summed E-state index contributed by atoms with van der Waals surface area (Å²) in [7, 11) is 3.98. The van der Waals surface area contributed by atoms with Gasteiger partial charge in [-0.3, -0.25) is 0 Å². The van der Waals surface area contributed by atoms with Crippen molar-refractivity contribution in [2.75, 3.05) is 25.5 Å². The molecular formula is C19H22Cl3N3. The number of hydrogen-bond acceptors (Lipinski definition) is 2. The molecule has 0 aromatic heterocycles. The molecule has 0 saturated heterocycles. The van der Waals surface area contributed by atoms with E-state index in [4.69, 9.17) is 34.8 Å². The van der Waals surface area contributed by atoms with Crippen LogP contribution in [-0.2, 0) is 6.54 Å². The molecule has 0 spiro atoms. The molecule has 0 amide bonds. The lowest BCUT2D eigenvalue weighted by Gasteiger charge is -2.23. The number of anilines is 1. The van der Waals surface area contributed by atoms with Gasteiger partial charge in [0.05, 0.1) is 17.0 Å². The first-order valence-corrected chi connectivity index (χ1v) is 9.14. The summed E-state index contributed by atoms with van der Waals surface area (Å²) in [6.07, 6.45) is 1.79. The highest BCUT2D eigenvalue weighted by atomic mass is 35.5. The molecular weight excluding hydrogens is 377 g/mol. The summed E-state index contributed by atoms with van der Waals surface area (Å²) in [5, 5.41) is 1.99. The number of rotatable bonds is 6. The fourth-order valence-corrected chi connectivity index (χ4v) is 2.99. The molecule has 0 unspecified atom stereocenters. The summed E-state index contributed by atoms with van der Waals surface area (Å²) in [6.45, 7) is 5.64. The van der Waals surface area contributed by atoms with Crippen molar-refractivity contribution >= 4 is 52.5 Å². The molecule has 0 aliphatic carbocycles. The van der Waals surface area contributed by atoms with Gasteiger partial charge in [-0.05, 0) is 55.3 Å². The van der Waals surface area contributed by atoms with Crippen molar-refractivity contribution in [3.8, 4) is 0 Å². The van der Waals surface area contributed by atoms with Gasteiger partial charge >= 0.3 is 0 Å². The average Bonchev–Trinajstić information content (AvgIpc) is 2.58. The maximum Gasteiger partial charge on any atom is 0.0910 e. The fraction of sp³-hybridized carbons (Fsp3) is 0.316. The van der Waals surface area contributed by atoms with Gasteiger partial charge in [0, 0.05) is 42.9 Å². The van der Waals surface area contributed by atoms with Crippen LogP contribution < -0.4 is 4.90 Å². The van der Waals surface area contributed by atoms with E-state index in [-0.39, 0.29) is 0 Å². The van der Waals surface area contributed by atoms with E-state index in [9.17, 15) is 0 Å². The van der Waals surface area contributed by atoms with Crippen LogP contribution in [-0.4, -0.2) is 31.9 Å². The van der Waals surface area contributed by atoms with Crippen molar-refractivity contribution in [3.05, 3.63) is 56.5 Å². The van der Waals surface area contributed by atoms with Gasteiger partial charge in [-0.25, -0.2) is 4.99 Å². The third-order valence-corrected chi connectivity index (χ3v) is 4.89. The van der Waals surface area contributed by atoms with Gasteiger partial charge in [0.2, 0.25) is 0 Å². The van der Waals surface area contributed by atoms with Crippen LogP contribution in [0.5, 0.6) is 0 Å². The van der Waals surface area contributed by atoms with Gasteiger partial charge in [-0.1, -0.05) is 34.8 Å². The topological polar surface area (TPSA) is 18.8 Å². The average molecular weight is 399 g/mol. The minimum absolute atomic E-state index is 0.616. The normalized spacial score (nSPS) is 11.2. The van der Waals surface area contributed by atoms with E-state index in [1.165, 1.54) is 0 Å². The summed E-state index contributed by atoms with van der Waals surface area (Å²) >= 11 is 18.8. The van der Waals surface area contributed by atoms with Gasteiger partial charge < -0.3 is 9.80 Å². The van der Waals surface area contributed by atoms with E-state index < -0.39 is 0 Å². The van der Waals surface area contributed by atoms with E-state index in [2.05, 4.69) is 16.8 Å². The maximum absolute atomic E-state index is 6.43. The molecule has 0 heterocycles. The van der Waals surface area contributed by atoms with Crippen molar-refractivity contribution < 1.29 is 0 Å². The fourth-order valence-electron chi connectivity index (χ4n) is 2.41. The molecule has 2 rings (SSSR count). The predicted octanol–water partition coefficient (Wildman–Crippen LogP) is 6.20. The van der Waals surface area contributed by atoms with Crippen LogP contribution in [0.2, 0.25) is 15.1 Å². The second kappa shape index (κ2) is 8.79. The lowest BCUT2D eigenvalue weighted by Crippen LogP contribution is -2.17. The first-order chi connectivity index (χ1) is 11.8. The molecule has 3 nitrogen and oxygen atoms in total. The molecule has 2 aromatic rings. The number of nitrogens with zero attached hydrogens (tertiary/aromatic N) is 3. The molecule has 0 atom stereocenters. The number of hydrogen-bond donors (Lipinski definition) is 0. The second-order valence-corrected chi connectivity index (χ2v) is 7.25. The standard InChI is InChI=1S/C19H22Cl3N3/c1-5-24(3)12-23-18-8-13(2)19(10-17(18)22)25(4)11-14-9-15(20)6-7-16(14)21/h6-10,12H,5,11H2,1-4H3. The molecule has 0 N–H and O–H groups in total. The Balaban J connectivity index is 2.25. The van der Waals surface area contributed by atoms with Crippen molar-refractivity contribution in [3.63, 3.8) is 0 Å². The van der Waals surface area contributed by atoms with Crippen molar-refractivity contribution in [2.24, 2.45) is 4.99 Å². The highest BCUT2D eigenvalue weighted by molar-refractivity contribution is 6.34. The molecule has 25 heavy (non-hydrogen) atoms. The minimum Gasteiger partial charge on any atom is -0.370 e. The quantitative estimate of drug-likeness (QED) is 0.426. The molecule has 0 bridgehead atoms. The Morgan fingerprint density at radius 1 is 1.04 bits per heavy atom. The molecule has 2 aromatic carbocycles. The largest absolute Gasteiger partial charge is 0.370 e. The summed E-state index contributed by atoms with van der Waals surface area (Å²) in [6, 6.07) is 9.42. The van der Waals surface area contributed by atoms with E-state index in [0.717, 1.165) is 29.0 Å². The third kappa shape index (κ3) is 5.27. The molecule has 0 fully saturated rings. The highest BCUT2D eigenvalue weighted by Crippen LogP contribution is 2.33. The smallest absolute Gasteiger partial charge is 0.0910 e. The lowest BCUT2D eigenvalue weighted by molar-refractivity contribution is 0.552. The predicted molar refractivity (Wildman–Crippen MR) is 111 cm³/mol. The Morgan fingerprint density at radius 3 is 2.44 bits per heavy atom. The van der Waals surface area contributed by atoms with Crippen LogP contribution in [0.25, 0.3) is 0 Å². The van der Waals surface area contributed by atoms with Crippen LogP contribution in [0.15, 0.2) is 35.3 Å². The van der Waals surface area contributed by atoms with E-state index in [0.29, 0.717) is 21.6 Å². The minimum atomic E-state index is 0.616. The van der Waals surface area contributed by atoms with E-state index >= 15 is 0 Å². The van der Waals surface area contributed by atoms with Crippen LogP contribution in [0.3, 0.4) is 0 Å². The molecule has 6 heteroatoms. The Labute approximate surface area is 164 Å². The van der Waals surface area contributed by atoms with Crippen LogP contribution in [0.1, 0.15) is 18.1 Å². The molecule has 0 saturated carbocycles. The molecule has 0 aliphatic rings.